The molecule has 0 saturated carbocycles. The molecule has 0 bridgehead atoms. The van der Waals surface area contributed by atoms with Crippen LogP contribution in [0, 0.1) is 5.82 Å². The highest BCUT2D eigenvalue weighted by Crippen LogP contribution is 2.27. The van der Waals surface area contributed by atoms with Crippen molar-refractivity contribution in [1.29, 1.82) is 0 Å². The number of nitrogens with zero attached hydrogens (tertiary/aromatic N) is 1. The number of aromatic nitrogens is 2. The number of hydrogen-bond acceptors (Lipinski definition) is 3. The molecule has 0 unspecified atom stereocenters. The van der Waals surface area contributed by atoms with E-state index in [2.05, 4.69) is 15.5 Å². The second kappa shape index (κ2) is 7.08. The number of aromatic amines is 1. The quantitative estimate of drug-likeness (QED) is 0.504. The first kappa shape index (κ1) is 17.6. The SMILES string of the molecule is CC(=O)c1ccc(-c2ccc3c(NC(=O)c4ccccc4F)n[nH]c3c2)cc1. The predicted octanol–water partition coefficient (Wildman–Crippen LogP) is 4.82. The maximum Gasteiger partial charge on any atom is 0.259 e. The first-order chi connectivity index (χ1) is 13.5. The van der Waals surface area contributed by atoms with Crippen LogP contribution in [0.1, 0.15) is 27.6 Å². The molecule has 1 heterocycles. The topological polar surface area (TPSA) is 74.8 Å². The van der Waals surface area contributed by atoms with E-state index in [1.807, 2.05) is 30.3 Å². The summed E-state index contributed by atoms with van der Waals surface area (Å²) in [6.07, 6.45) is 0. The first-order valence-corrected chi connectivity index (χ1v) is 8.68. The van der Waals surface area contributed by atoms with Crippen molar-refractivity contribution in [3.63, 3.8) is 0 Å². The summed E-state index contributed by atoms with van der Waals surface area (Å²) in [4.78, 5) is 23.7. The molecule has 0 fully saturated rings. The average Bonchev–Trinajstić information content (AvgIpc) is 3.10. The molecule has 0 aliphatic rings. The van der Waals surface area contributed by atoms with Gasteiger partial charge in [0.1, 0.15) is 5.82 Å². The Balaban J connectivity index is 1.62. The number of carbonyl (C=O) groups excluding carboxylic acids is 2. The van der Waals surface area contributed by atoms with Crippen LogP contribution in [-0.4, -0.2) is 21.9 Å². The highest BCUT2D eigenvalue weighted by Gasteiger charge is 2.14. The van der Waals surface area contributed by atoms with Gasteiger partial charge in [-0.3, -0.25) is 14.7 Å². The summed E-state index contributed by atoms with van der Waals surface area (Å²) >= 11 is 0. The highest BCUT2D eigenvalue weighted by atomic mass is 19.1. The number of ketones is 1. The Labute approximate surface area is 160 Å². The summed E-state index contributed by atoms with van der Waals surface area (Å²) in [6, 6.07) is 18.8. The summed E-state index contributed by atoms with van der Waals surface area (Å²) in [5.41, 5.74) is 3.25. The fourth-order valence-corrected chi connectivity index (χ4v) is 3.01. The van der Waals surface area contributed by atoms with E-state index in [1.165, 1.54) is 25.1 Å². The van der Waals surface area contributed by atoms with Crippen molar-refractivity contribution < 1.29 is 14.0 Å². The van der Waals surface area contributed by atoms with Crippen LogP contribution in [-0.2, 0) is 0 Å². The number of rotatable bonds is 4. The number of H-pyrrole nitrogens is 1. The van der Waals surface area contributed by atoms with Gasteiger partial charge in [-0.25, -0.2) is 4.39 Å². The van der Waals surface area contributed by atoms with E-state index < -0.39 is 11.7 Å². The van der Waals surface area contributed by atoms with Crippen LogP contribution in [0.2, 0.25) is 0 Å². The lowest BCUT2D eigenvalue weighted by atomic mass is 10.0. The highest BCUT2D eigenvalue weighted by molar-refractivity contribution is 6.08. The van der Waals surface area contributed by atoms with Gasteiger partial charge in [-0.05, 0) is 42.3 Å². The van der Waals surface area contributed by atoms with Crippen LogP contribution in [0.4, 0.5) is 10.2 Å². The third-order valence-corrected chi connectivity index (χ3v) is 4.54. The minimum atomic E-state index is -0.587. The van der Waals surface area contributed by atoms with Gasteiger partial charge in [-0.2, -0.15) is 5.10 Å². The molecular weight excluding hydrogens is 357 g/mol. The minimum Gasteiger partial charge on any atom is -0.304 e. The van der Waals surface area contributed by atoms with Crippen LogP contribution in [0.3, 0.4) is 0 Å². The van der Waals surface area contributed by atoms with Gasteiger partial charge in [0.25, 0.3) is 5.91 Å². The molecule has 0 radical (unpaired) electrons. The standard InChI is InChI=1S/C22H16FN3O2/c1-13(27)14-6-8-15(9-7-14)16-10-11-18-20(12-16)25-26-21(18)24-22(28)17-4-2-3-5-19(17)23/h2-12H,1H3,(H2,24,25,26,28). The number of benzene rings is 3. The van der Waals surface area contributed by atoms with Crippen LogP contribution in [0.25, 0.3) is 22.0 Å². The fourth-order valence-electron chi connectivity index (χ4n) is 3.01. The second-order valence-electron chi connectivity index (χ2n) is 6.40. The lowest BCUT2D eigenvalue weighted by Gasteiger charge is -2.05. The maximum atomic E-state index is 13.8. The summed E-state index contributed by atoms with van der Waals surface area (Å²) in [7, 11) is 0. The van der Waals surface area contributed by atoms with Crippen molar-refractivity contribution in [1.82, 2.24) is 10.2 Å². The third-order valence-electron chi connectivity index (χ3n) is 4.54. The van der Waals surface area contributed by atoms with Gasteiger partial charge < -0.3 is 5.32 Å². The van der Waals surface area contributed by atoms with Crippen molar-refractivity contribution in [2.45, 2.75) is 6.92 Å². The molecule has 0 aliphatic carbocycles. The Morgan fingerprint density at radius 2 is 1.68 bits per heavy atom. The monoisotopic (exact) mass is 373 g/mol. The molecule has 2 N–H and O–H groups in total. The molecule has 28 heavy (non-hydrogen) atoms. The molecule has 1 amide bonds. The van der Waals surface area contributed by atoms with Gasteiger partial charge in [0.15, 0.2) is 11.6 Å². The van der Waals surface area contributed by atoms with E-state index in [9.17, 15) is 14.0 Å². The van der Waals surface area contributed by atoms with E-state index >= 15 is 0 Å². The Morgan fingerprint density at radius 1 is 0.964 bits per heavy atom. The Morgan fingerprint density at radius 3 is 2.39 bits per heavy atom. The lowest BCUT2D eigenvalue weighted by Crippen LogP contribution is -2.14. The van der Waals surface area contributed by atoms with E-state index in [4.69, 9.17) is 0 Å². The fraction of sp³-hybridized carbons (Fsp3) is 0.0455. The number of carbonyl (C=O) groups is 2. The van der Waals surface area contributed by atoms with Gasteiger partial charge in [0, 0.05) is 10.9 Å². The van der Waals surface area contributed by atoms with Crippen LogP contribution in [0.5, 0.6) is 0 Å². The van der Waals surface area contributed by atoms with Crippen LogP contribution < -0.4 is 5.32 Å². The van der Waals surface area contributed by atoms with Crippen molar-refractivity contribution >= 4 is 28.4 Å². The van der Waals surface area contributed by atoms with E-state index in [1.54, 1.807) is 18.2 Å². The summed E-state index contributed by atoms with van der Waals surface area (Å²) in [6.45, 7) is 1.53. The molecule has 0 spiro atoms. The van der Waals surface area contributed by atoms with Gasteiger partial charge in [-0.1, -0.05) is 42.5 Å². The lowest BCUT2D eigenvalue weighted by molar-refractivity contribution is 0.101. The van der Waals surface area contributed by atoms with Gasteiger partial charge in [-0.15, -0.1) is 0 Å². The number of amides is 1. The Bertz CT molecular complexity index is 1200. The molecule has 5 nitrogen and oxygen atoms in total. The molecule has 0 atom stereocenters. The second-order valence-corrected chi connectivity index (χ2v) is 6.40. The molecule has 1 aromatic heterocycles. The zero-order chi connectivity index (χ0) is 19.7. The number of nitrogens with one attached hydrogen (secondary N) is 2. The first-order valence-electron chi connectivity index (χ1n) is 8.68. The summed E-state index contributed by atoms with van der Waals surface area (Å²) < 4.78 is 13.8. The normalized spacial score (nSPS) is 10.8. The van der Waals surface area contributed by atoms with Crippen molar-refractivity contribution in [3.05, 3.63) is 83.7 Å². The molecule has 4 rings (SSSR count). The molecule has 6 heteroatoms. The molecule has 0 aliphatic heterocycles. The molecule has 0 saturated heterocycles. The van der Waals surface area contributed by atoms with Gasteiger partial charge >= 0.3 is 0 Å². The van der Waals surface area contributed by atoms with Crippen LogP contribution >= 0.6 is 0 Å². The predicted molar refractivity (Wildman–Crippen MR) is 106 cm³/mol. The number of Topliss-reactive ketones (excluding diaryl/α,β-unsaturated/α-hetero) is 1. The Kier molecular flexibility index (Phi) is 4.45. The van der Waals surface area contributed by atoms with E-state index in [0.717, 1.165) is 16.6 Å². The minimum absolute atomic E-state index is 0.0193. The molecule has 3 aromatic carbocycles. The van der Waals surface area contributed by atoms with E-state index in [-0.39, 0.29) is 11.3 Å². The third kappa shape index (κ3) is 3.27. The van der Waals surface area contributed by atoms with Gasteiger partial charge in [0.05, 0.1) is 11.1 Å². The number of hydrogen-bond donors (Lipinski definition) is 2. The van der Waals surface area contributed by atoms with Crippen molar-refractivity contribution in [2.75, 3.05) is 5.32 Å². The number of halogens is 1. The van der Waals surface area contributed by atoms with E-state index in [0.29, 0.717) is 16.8 Å². The molecule has 138 valence electrons. The Hall–Kier alpha value is -3.80. The zero-order valence-electron chi connectivity index (χ0n) is 15.0. The number of fused-ring (bicyclic) bond motifs is 1. The zero-order valence-corrected chi connectivity index (χ0v) is 15.0. The number of anilines is 1. The van der Waals surface area contributed by atoms with Crippen molar-refractivity contribution in [2.24, 2.45) is 0 Å². The molecule has 4 aromatic rings. The van der Waals surface area contributed by atoms with Crippen LogP contribution in [0.15, 0.2) is 66.7 Å². The smallest absolute Gasteiger partial charge is 0.259 e. The average molecular weight is 373 g/mol. The van der Waals surface area contributed by atoms with Crippen molar-refractivity contribution in [3.8, 4) is 11.1 Å². The van der Waals surface area contributed by atoms with Gasteiger partial charge in [0.2, 0.25) is 0 Å². The summed E-state index contributed by atoms with van der Waals surface area (Å²) in [5, 5.41) is 10.4. The molecular formula is C22H16FN3O2. The maximum absolute atomic E-state index is 13.8. The largest absolute Gasteiger partial charge is 0.304 e. The summed E-state index contributed by atoms with van der Waals surface area (Å²) in [5.74, 6) is -0.793.